The highest BCUT2D eigenvalue weighted by molar-refractivity contribution is 7.13. The van der Waals surface area contributed by atoms with Crippen LogP contribution in [0.5, 0.6) is 0 Å². The summed E-state index contributed by atoms with van der Waals surface area (Å²) < 4.78 is 5.38. The van der Waals surface area contributed by atoms with E-state index in [2.05, 4.69) is 27.4 Å². The number of aromatic nitrogens is 2. The van der Waals surface area contributed by atoms with E-state index in [0.29, 0.717) is 34.4 Å². The minimum atomic E-state index is -0.0551. The number of amides is 1. The maximum atomic E-state index is 13.2. The lowest BCUT2D eigenvalue weighted by atomic mass is 9.97. The van der Waals surface area contributed by atoms with Gasteiger partial charge in [-0.1, -0.05) is 11.2 Å². The van der Waals surface area contributed by atoms with Gasteiger partial charge in [0.05, 0.1) is 27.2 Å². The molecule has 0 saturated carbocycles. The first kappa shape index (κ1) is 16.9. The van der Waals surface area contributed by atoms with Gasteiger partial charge >= 0.3 is 0 Å². The van der Waals surface area contributed by atoms with Crippen molar-refractivity contribution in [1.29, 1.82) is 0 Å². The van der Waals surface area contributed by atoms with Crippen LogP contribution < -0.4 is 5.32 Å². The van der Waals surface area contributed by atoms with Crippen LogP contribution in [0.2, 0.25) is 0 Å². The summed E-state index contributed by atoms with van der Waals surface area (Å²) in [6, 6.07) is 7.25. The van der Waals surface area contributed by atoms with E-state index in [0.717, 1.165) is 23.4 Å². The molecule has 0 aromatic carbocycles. The Morgan fingerprint density at radius 2 is 2.11 bits per heavy atom. The molecule has 5 rings (SSSR count). The monoisotopic (exact) mass is 382 g/mol. The second kappa shape index (κ2) is 6.42. The molecular formula is C20H22N4O2S. The molecule has 0 aliphatic carbocycles. The van der Waals surface area contributed by atoms with Gasteiger partial charge in [0.1, 0.15) is 0 Å². The van der Waals surface area contributed by atoms with Gasteiger partial charge in [-0.2, -0.15) is 0 Å². The SMILES string of the molecule is Cc1noc2nc(-c3cccs3)cc(C(=O)NC3CC4CCC(C3)N4C)c12. The molecule has 7 heteroatoms. The van der Waals surface area contributed by atoms with Gasteiger partial charge < -0.3 is 14.7 Å². The first-order chi connectivity index (χ1) is 13.1. The maximum absolute atomic E-state index is 13.2. The summed E-state index contributed by atoms with van der Waals surface area (Å²) in [6.45, 7) is 1.85. The maximum Gasteiger partial charge on any atom is 0.259 e. The van der Waals surface area contributed by atoms with Crippen LogP contribution in [0.1, 0.15) is 41.7 Å². The first-order valence-electron chi connectivity index (χ1n) is 9.44. The molecule has 3 aromatic rings. The fourth-order valence-corrected chi connectivity index (χ4v) is 5.30. The highest BCUT2D eigenvalue weighted by Gasteiger charge is 2.39. The third kappa shape index (κ3) is 2.85. The average molecular weight is 382 g/mol. The van der Waals surface area contributed by atoms with Gasteiger partial charge in [0.2, 0.25) is 0 Å². The Kier molecular flexibility index (Phi) is 4.02. The van der Waals surface area contributed by atoms with Crippen molar-refractivity contribution in [3.8, 4) is 10.6 Å². The van der Waals surface area contributed by atoms with E-state index in [-0.39, 0.29) is 11.9 Å². The van der Waals surface area contributed by atoms with E-state index < -0.39 is 0 Å². The topological polar surface area (TPSA) is 71.3 Å². The molecule has 1 N–H and O–H groups in total. The number of nitrogens with zero attached hydrogens (tertiary/aromatic N) is 3. The Morgan fingerprint density at radius 3 is 2.81 bits per heavy atom. The van der Waals surface area contributed by atoms with E-state index in [4.69, 9.17) is 4.52 Å². The molecule has 2 unspecified atom stereocenters. The number of carbonyl (C=O) groups excluding carboxylic acids is 1. The number of hydrogen-bond acceptors (Lipinski definition) is 6. The Hall–Kier alpha value is -2.25. The lowest BCUT2D eigenvalue weighted by Gasteiger charge is -2.36. The van der Waals surface area contributed by atoms with Crippen molar-refractivity contribution >= 4 is 28.3 Å². The molecule has 0 radical (unpaired) electrons. The molecule has 2 aliphatic rings. The number of thiophene rings is 1. The minimum absolute atomic E-state index is 0.0551. The van der Waals surface area contributed by atoms with Crippen LogP contribution in [0.4, 0.5) is 0 Å². The summed E-state index contributed by atoms with van der Waals surface area (Å²) in [6.07, 6.45) is 4.52. The quantitative estimate of drug-likeness (QED) is 0.749. The zero-order valence-corrected chi connectivity index (χ0v) is 16.3. The normalized spacial score (nSPS) is 25.2. The third-order valence-corrected chi connectivity index (χ3v) is 6.96. The molecule has 3 aromatic heterocycles. The Bertz CT molecular complexity index is 983. The van der Waals surface area contributed by atoms with E-state index in [1.54, 1.807) is 11.3 Å². The summed E-state index contributed by atoms with van der Waals surface area (Å²) in [5, 5.41) is 10.0. The van der Waals surface area contributed by atoms with Crippen LogP contribution >= 0.6 is 11.3 Å². The number of rotatable bonds is 3. The second-order valence-electron chi connectivity index (χ2n) is 7.67. The Morgan fingerprint density at radius 1 is 1.33 bits per heavy atom. The zero-order valence-electron chi connectivity index (χ0n) is 15.4. The van der Waals surface area contributed by atoms with Crippen molar-refractivity contribution in [3.05, 3.63) is 34.8 Å². The fraction of sp³-hybridized carbons (Fsp3) is 0.450. The molecule has 5 heterocycles. The van der Waals surface area contributed by atoms with E-state index in [9.17, 15) is 4.79 Å². The molecule has 6 nitrogen and oxygen atoms in total. The van der Waals surface area contributed by atoms with E-state index in [1.807, 2.05) is 30.5 Å². The van der Waals surface area contributed by atoms with Gasteiger partial charge in [-0.15, -0.1) is 11.3 Å². The predicted molar refractivity (Wildman–Crippen MR) is 105 cm³/mol. The molecule has 2 bridgehead atoms. The number of carbonyl (C=O) groups is 1. The number of nitrogens with one attached hydrogen (secondary N) is 1. The molecule has 1 amide bonds. The highest BCUT2D eigenvalue weighted by Crippen LogP contribution is 2.35. The average Bonchev–Trinajstić information content (AvgIpc) is 3.35. The molecule has 2 saturated heterocycles. The van der Waals surface area contributed by atoms with Gasteiger partial charge in [0.25, 0.3) is 11.6 Å². The smallest absolute Gasteiger partial charge is 0.259 e. The Labute approximate surface area is 161 Å². The number of fused-ring (bicyclic) bond motifs is 3. The van der Waals surface area contributed by atoms with Crippen molar-refractivity contribution in [1.82, 2.24) is 20.4 Å². The second-order valence-corrected chi connectivity index (χ2v) is 8.62. The van der Waals surface area contributed by atoms with E-state index in [1.165, 1.54) is 12.8 Å². The Balaban J connectivity index is 1.48. The van der Waals surface area contributed by atoms with Crippen molar-refractivity contribution < 1.29 is 9.32 Å². The van der Waals surface area contributed by atoms with Crippen LogP contribution in [-0.2, 0) is 0 Å². The highest BCUT2D eigenvalue weighted by atomic mass is 32.1. The number of piperidine rings is 1. The minimum Gasteiger partial charge on any atom is -0.349 e. The first-order valence-corrected chi connectivity index (χ1v) is 10.3. The summed E-state index contributed by atoms with van der Waals surface area (Å²) in [4.78, 5) is 21.3. The molecule has 27 heavy (non-hydrogen) atoms. The van der Waals surface area contributed by atoms with Gasteiger partial charge in [-0.3, -0.25) is 4.79 Å². The fourth-order valence-electron chi connectivity index (χ4n) is 4.62. The van der Waals surface area contributed by atoms with Crippen molar-refractivity contribution in [2.24, 2.45) is 0 Å². The molecule has 140 valence electrons. The summed E-state index contributed by atoms with van der Waals surface area (Å²) in [7, 11) is 2.21. The van der Waals surface area contributed by atoms with Gasteiger partial charge in [0.15, 0.2) is 0 Å². The van der Waals surface area contributed by atoms with Gasteiger partial charge in [-0.05, 0) is 57.2 Å². The standard InChI is InChI=1S/C20H22N4O2S/c1-11-18-15(10-16(17-4-3-7-27-17)22-20(18)26-23-11)19(25)21-12-8-13-5-6-14(9-12)24(13)2/h3-4,7,10,12-14H,5-6,8-9H2,1-2H3,(H,21,25). The van der Waals surface area contributed by atoms with Crippen LogP contribution in [0, 0.1) is 6.92 Å². The van der Waals surface area contributed by atoms with E-state index >= 15 is 0 Å². The van der Waals surface area contributed by atoms with Crippen LogP contribution in [0.3, 0.4) is 0 Å². The largest absolute Gasteiger partial charge is 0.349 e. The van der Waals surface area contributed by atoms with Crippen LogP contribution in [0.25, 0.3) is 21.7 Å². The summed E-state index contributed by atoms with van der Waals surface area (Å²) in [5.74, 6) is -0.0551. The molecule has 2 aliphatic heterocycles. The zero-order chi connectivity index (χ0) is 18.5. The molecule has 2 atom stereocenters. The summed E-state index contributed by atoms with van der Waals surface area (Å²) in [5.41, 5.74) is 2.48. The van der Waals surface area contributed by atoms with Crippen LogP contribution in [-0.4, -0.2) is 46.1 Å². The van der Waals surface area contributed by atoms with Crippen molar-refractivity contribution in [3.63, 3.8) is 0 Å². The van der Waals surface area contributed by atoms with Crippen molar-refractivity contribution in [2.45, 2.75) is 50.7 Å². The third-order valence-electron chi connectivity index (χ3n) is 6.07. The number of aryl methyl sites for hydroxylation is 1. The van der Waals surface area contributed by atoms with Gasteiger partial charge in [0, 0.05) is 18.1 Å². The number of hydrogen-bond donors (Lipinski definition) is 1. The predicted octanol–water partition coefficient (Wildman–Crippen LogP) is 3.61. The van der Waals surface area contributed by atoms with Gasteiger partial charge in [-0.25, -0.2) is 4.98 Å². The molecule has 2 fully saturated rings. The summed E-state index contributed by atoms with van der Waals surface area (Å²) >= 11 is 1.59. The van der Waals surface area contributed by atoms with Crippen LogP contribution in [0.15, 0.2) is 28.1 Å². The lowest BCUT2D eigenvalue weighted by Crippen LogP contribution is -2.48. The number of pyridine rings is 1. The molecular weight excluding hydrogens is 360 g/mol. The van der Waals surface area contributed by atoms with Crippen molar-refractivity contribution in [2.75, 3.05) is 7.05 Å². The lowest BCUT2D eigenvalue weighted by molar-refractivity contribution is 0.0884. The molecule has 0 spiro atoms.